The molecule has 0 radical (unpaired) electrons. The van der Waals surface area contributed by atoms with Crippen molar-refractivity contribution in [2.24, 2.45) is 0 Å². The van der Waals surface area contributed by atoms with Gasteiger partial charge in [-0.2, -0.15) is 8.78 Å². The molecular formula is C14H15F2N3O3. The van der Waals surface area contributed by atoms with Crippen LogP contribution in [0.5, 0.6) is 5.75 Å². The molecule has 22 heavy (non-hydrogen) atoms. The monoisotopic (exact) mass is 311 g/mol. The minimum absolute atomic E-state index is 0.0272. The van der Waals surface area contributed by atoms with Crippen LogP contribution in [0.25, 0.3) is 0 Å². The Morgan fingerprint density at radius 2 is 2.09 bits per heavy atom. The van der Waals surface area contributed by atoms with Gasteiger partial charge in [0.1, 0.15) is 17.2 Å². The fourth-order valence-corrected chi connectivity index (χ4v) is 1.75. The van der Waals surface area contributed by atoms with E-state index in [-0.39, 0.29) is 18.3 Å². The van der Waals surface area contributed by atoms with Crippen molar-refractivity contribution in [3.63, 3.8) is 0 Å². The van der Waals surface area contributed by atoms with Crippen LogP contribution >= 0.6 is 0 Å². The van der Waals surface area contributed by atoms with Crippen molar-refractivity contribution in [1.82, 2.24) is 10.1 Å². The number of benzene rings is 1. The average molecular weight is 311 g/mol. The van der Waals surface area contributed by atoms with E-state index in [1.807, 2.05) is 0 Å². The lowest BCUT2D eigenvalue weighted by molar-refractivity contribution is -0.0498. The highest BCUT2D eigenvalue weighted by Gasteiger charge is 2.12. The van der Waals surface area contributed by atoms with Crippen molar-refractivity contribution in [1.29, 1.82) is 0 Å². The molecule has 2 aromatic rings. The number of alkyl halides is 2. The number of halogens is 2. The molecule has 0 bridgehead atoms. The first-order valence-corrected chi connectivity index (χ1v) is 6.43. The quantitative estimate of drug-likeness (QED) is 0.920. The van der Waals surface area contributed by atoms with Crippen molar-refractivity contribution >= 4 is 11.7 Å². The smallest absolute Gasteiger partial charge is 0.387 e. The number of nitrogens with zero attached hydrogens (tertiary/aromatic N) is 2. The molecule has 0 saturated carbocycles. The zero-order valence-electron chi connectivity index (χ0n) is 12.0. The lowest BCUT2D eigenvalue weighted by Crippen LogP contribution is -2.30. The highest BCUT2D eigenvalue weighted by Crippen LogP contribution is 2.18. The number of urea groups is 1. The number of rotatable bonds is 5. The van der Waals surface area contributed by atoms with E-state index < -0.39 is 6.61 Å². The minimum Gasteiger partial charge on any atom is -0.435 e. The number of hydrogen-bond acceptors (Lipinski definition) is 4. The molecule has 2 amide bonds. The Morgan fingerprint density at radius 1 is 1.41 bits per heavy atom. The zero-order chi connectivity index (χ0) is 16.1. The average Bonchev–Trinajstić information content (AvgIpc) is 2.85. The molecule has 0 aliphatic heterocycles. The van der Waals surface area contributed by atoms with Crippen LogP contribution in [-0.2, 0) is 6.54 Å². The number of amides is 2. The van der Waals surface area contributed by atoms with Gasteiger partial charge in [-0.05, 0) is 31.2 Å². The van der Waals surface area contributed by atoms with Crippen molar-refractivity contribution in [3.05, 3.63) is 41.8 Å². The van der Waals surface area contributed by atoms with Crippen molar-refractivity contribution in [2.75, 3.05) is 12.4 Å². The summed E-state index contributed by atoms with van der Waals surface area (Å²) in [5.74, 6) is 0.692. The second kappa shape index (κ2) is 6.88. The second-order valence-electron chi connectivity index (χ2n) is 4.62. The molecule has 118 valence electrons. The Balaban J connectivity index is 1.90. The predicted octanol–water partition coefficient (Wildman–Crippen LogP) is 3.25. The summed E-state index contributed by atoms with van der Waals surface area (Å²) in [6.07, 6.45) is 0. The van der Waals surface area contributed by atoms with Crippen LogP contribution in [0.4, 0.5) is 19.3 Å². The molecule has 2 rings (SSSR count). The van der Waals surface area contributed by atoms with Gasteiger partial charge in [0.05, 0.1) is 6.54 Å². The van der Waals surface area contributed by atoms with E-state index in [4.69, 9.17) is 4.52 Å². The van der Waals surface area contributed by atoms with Crippen LogP contribution < -0.4 is 10.1 Å². The lowest BCUT2D eigenvalue weighted by atomic mass is 10.3. The predicted molar refractivity (Wildman–Crippen MR) is 74.8 cm³/mol. The van der Waals surface area contributed by atoms with Crippen LogP contribution in [0.15, 0.2) is 34.9 Å². The van der Waals surface area contributed by atoms with E-state index in [0.717, 1.165) is 0 Å². The Morgan fingerprint density at radius 3 is 2.64 bits per heavy atom. The molecule has 1 aromatic carbocycles. The maximum atomic E-state index is 12.0. The molecule has 0 spiro atoms. The van der Waals surface area contributed by atoms with Gasteiger partial charge in [-0.15, -0.1) is 0 Å². The van der Waals surface area contributed by atoms with Gasteiger partial charge in [-0.1, -0.05) is 5.16 Å². The Labute approximate surface area is 125 Å². The van der Waals surface area contributed by atoms with Crippen molar-refractivity contribution < 1.29 is 22.8 Å². The van der Waals surface area contributed by atoms with E-state index in [1.54, 1.807) is 20.0 Å². The van der Waals surface area contributed by atoms with E-state index in [0.29, 0.717) is 17.1 Å². The first-order valence-electron chi connectivity index (χ1n) is 6.43. The number of hydrogen-bond donors (Lipinski definition) is 1. The third kappa shape index (κ3) is 4.44. The Kier molecular flexibility index (Phi) is 4.92. The number of aromatic nitrogens is 1. The molecular weight excluding hydrogens is 296 g/mol. The summed E-state index contributed by atoms with van der Waals surface area (Å²) in [7, 11) is 1.60. The van der Waals surface area contributed by atoms with Crippen molar-refractivity contribution in [2.45, 2.75) is 20.1 Å². The van der Waals surface area contributed by atoms with Gasteiger partial charge in [0.15, 0.2) is 0 Å². The van der Waals surface area contributed by atoms with Crippen LogP contribution in [0.2, 0.25) is 0 Å². The van der Waals surface area contributed by atoms with Gasteiger partial charge in [-0.3, -0.25) is 0 Å². The number of ether oxygens (including phenoxy) is 1. The summed E-state index contributed by atoms with van der Waals surface area (Å²) in [6.45, 7) is -0.826. The standard InChI is InChI=1S/C14H15F2N3O3/c1-9-7-11(18-22-9)8-19(2)14(20)17-10-3-5-12(6-4-10)21-13(15)16/h3-7,13H,8H2,1-2H3,(H,17,20). The summed E-state index contributed by atoms with van der Waals surface area (Å²) < 4.78 is 33.2. The summed E-state index contributed by atoms with van der Waals surface area (Å²) in [5, 5.41) is 6.43. The molecule has 1 heterocycles. The second-order valence-corrected chi connectivity index (χ2v) is 4.62. The highest BCUT2D eigenvalue weighted by molar-refractivity contribution is 5.89. The summed E-state index contributed by atoms with van der Waals surface area (Å²) in [5.41, 5.74) is 1.10. The fourth-order valence-electron chi connectivity index (χ4n) is 1.75. The first kappa shape index (κ1) is 15.7. The number of nitrogens with one attached hydrogen (secondary N) is 1. The normalized spacial score (nSPS) is 10.6. The molecule has 0 saturated heterocycles. The van der Waals surface area contributed by atoms with Crippen LogP contribution in [-0.4, -0.2) is 29.7 Å². The minimum atomic E-state index is -2.88. The van der Waals surface area contributed by atoms with Crippen LogP contribution in [0, 0.1) is 6.92 Å². The van der Waals surface area contributed by atoms with E-state index in [2.05, 4.69) is 15.2 Å². The zero-order valence-corrected chi connectivity index (χ0v) is 12.0. The third-order valence-corrected chi connectivity index (χ3v) is 2.75. The number of anilines is 1. The molecule has 8 heteroatoms. The molecule has 0 unspecified atom stereocenters. The Hall–Kier alpha value is -2.64. The fraction of sp³-hybridized carbons (Fsp3) is 0.286. The van der Waals surface area contributed by atoms with Gasteiger partial charge < -0.3 is 19.5 Å². The van der Waals surface area contributed by atoms with Gasteiger partial charge in [0, 0.05) is 18.8 Å². The summed E-state index contributed by atoms with van der Waals surface area (Å²) in [6, 6.07) is 7.03. The largest absolute Gasteiger partial charge is 0.435 e. The van der Waals surface area contributed by atoms with Crippen LogP contribution in [0.3, 0.4) is 0 Å². The van der Waals surface area contributed by atoms with Crippen LogP contribution in [0.1, 0.15) is 11.5 Å². The maximum Gasteiger partial charge on any atom is 0.387 e. The van der Waals surface area contributed by atoms with E-state index in [1.165, 1.54) is 29.2 Å². The van der Waals surface area contributed by atoms with Gasteiger partial charge in [-0.25, -0.2) is 4.79 Å². The first-order chi connectivity index (χ1) is 10.4. The molecule has 1 aromatic heterocycles. The topological polar surface area (TPSA) is 67.6 Å². The highest BCUT2D eigenvalue weighted by atomic mass is 19.3. The molecule has 1 N–H and O–H groups in total. The molecule has 0 fully saturated rings. The van der Waals surface area contributed by atoms with Gasteiger partial charge in [0.25, 0.3) is 0 Å². The summed E-state index contributed by atoms with van der Waals surface area (Å²) in [4.78, 5) is 13.4. The van der Waals surface area contributed by atoms with Gasteiger partial charge >= 0.3 is 12.6 Å². The van der Waals surface area contributed by atoms with E-state index in [9.17, 15) is 13.6 Å². The number of aryl methyl sites for hydroxylation is 1. The summed E-state index contributed by atoms with van der Waals surface area (Å²) >= 11 is 0. The lowest BCUT2D eigenvalue weighted by Gasteiger charge is -2.16. The molecule has 6 nitrogen and oxygen atoms in total. The van der Waals surface area contributed by atoms with Gasteiger partial charge in [0.2, 0.25) is 0 Å². The molecule has 0 aliphatic carbocycles. The van der Waals surface area contributed by atoms with Crippen molar-refractivity contribution in [3.8, 4) is 5.75 Å². The third-order valence-electron chi connectivity index (χ3n) is 2.75. The molecule has 0 aliphatic rings. The van der Waals surface area contributed by atoms with E-state index >= 15 is 0 Å². The number of carbonyl (C=O) groups excluding carboxylic acids is 1. The SMILES string of the molecule is Cc1cc(CN(C)C(=O)Nc2ccc(OC(F)F)cc2)no1. The Bertz CT molecular complexity index is 629. The maximum absolute atomic E-state index is 12.0. The number of carbonyl (C=O) groups is 1. The molecule has 0 atom stereocenters.